The minimum absolute atomic E-state index is 0.0163. The van der Waals surface area contributed by atoms with Crippen molar-refractivity contribution in [3.63, 3.8) is 0 Å². The number of carboxylic acid groups (broad SMARTS) is 1. The minimum atomic E-state index is -0.748. The van der Waals surface area contributed by atoms with Crippen molar-refractivity contribution >= 4 is 12.0 Å². The first-order valence-corrected chi connectivity index (χ1v) is 7.29. The highest BCUT2D eigenvalue weighted by Crippen LogP contribution is 2.14. The average molecular weight is 272 g/mol. The van der Waals surface area contributed by atoms with Gasteiger partial charge >= 0.3 is 12.0 Å². The summed E-state index contributed by atoms with van der Waals surface area (Å²) in [5, 5.41) is 11.6. The molecule has 0 radical (unpaired) electrons. The van der Waals surface area contributed by atoms with Crippen LogP contribution >= 0.6 is 0 Å². The van der Waals surface area contributed by atoms with Crippen molar-refractivity contribution in [2.45, 2.75) is 52.9 Å². The summed E-state index contributed by atoms with van der Waals surface area (Å²) in [6.45, 7) is 8.20. The molecular formula is C14H28N2O3. The van der Waals surface area contributed by atoms with Gasteiger partial charge < -0.3 is 15.3 Å². The Kier molecular flexibility index (Phi) is 9.94. The Morgan fingerprint density at radius 2 is 1.89 bits per heavy atom. The fraction of sp³-hybridized carbons (Fsp3) is 0.857. The Hall–Kier alpha value is -1.26. The van der Waals surface area contributed by atoms with Gasteiger partial charge in [0.05, 0.1) is 0 Å². The molecule has 0 fully saturated rings. The van der Waals surface area contributed by atoms with Gasteiger partial charge in [-0.05, 0) is 32.1 Å². The second-order valence-electron chi connectivity index (χ2n) is 4.81. The van der Waals surface area contributed by atoms with Crippen LogP contribution < -0.4 is 5.32 Å². The Labute approximate surface area is 116 Å². The number of nitrogens with zero attached hydrogens (tertiary/aromatic N) is 1. The van der Waals surface area contributed by atoms with E-state index in [1.165, 1.54) is 0 Å². The highest BCUT2D eigenvalue weighted by Gasteiger charge is 2.12. The van der Waals surface area contributed by atoms with Gasteiger partial charge in [-0.15, -0.1) is 0 Å². The lowest BCUT2D eigenvalue weighted by Crippen LogP contribution is -2.40. The van der Waals surface area contributed by atoms with E-state index in [9.17, 15) is 9.59 Å². The molecule has 0 bridgehead atoms. The Morgan fingerprint density at radius 3 is 2.37 bits per heavy atom. The Balaban J connectivity index is 3.91. The molecule has 112 valence electrons. The van der Waals surface area contributed by atoms with Crippen LogP contribution in [0.3, 0.4) is 0 Å². The van der Waals surface area contributed by atoms with E-state index in [2.05, 4.69) is 19.2 Å². The number of carbonyl (C=O) groups is 2. The minimum Gasteiger partial charge on any atom is -0.481 e. The maximum atomic E-state index is 11.8. The van der Waals surface area contributed by atoms with Crippen LogP contribution in [0.5, 0.6) is 0 Å². The molecule has 5 heteroatoms. The first-order valence-electron chi connectivity index (χ1n) is 7.29. The van der Waals surface area contributed by atoms with Crippen molar-refractivity contribution in [3.8, 4) is 0 Å². The lowest BCUT2D eigenvalue weighted by Gasteiger charge is -2.21. The summed E-state index contributed by atoms with van der Waals surface area (Å²) in [4.78, 5) is 24.1. The highest BCUT2D eigenvalue weighted by molar-refractivity contribution is 5.74. The molecule has 0 heterocycles. The normalized spacial score (nSPS) is 11.9. The van der Waals surface area contributed by atoms with E-state index in [1.54, 1.807) is 4.90 Å². The number of rotatable bonds is 10. The van der Waals surface area contributed by atoms with Crippen LogP contribution in [0.25, 0.3) is 0 Å². The molecule has 5 nitrogen and oxygen atoms in total. The molecule has 0 spiro atoms. The molecule has 0 aliphatic heterocycles. The number of urea groups is 1. The molecule has 0 saturated heterocycles. The maximum Gasteiger partial charge on any atom is 0.317 e. The largest absolute Gasteiger partial charge is 0.481 e. The predicted molar refractivity (Wildman–Crippen MR) is 76.2 cm³/mol. The Morgan fingerprint density at radius 1 is 1.21 bits per heavy atom. The molecule has 1 atom stereocenters. The molecule has 2 amide bonds. The van der Waals surface area contributed by atoms with Gasteiger partial charge in [0.1, 0.15) is 0 Å². The standard InChI is InChI=1S/C14H28N2O3/c1-4-11-16(6-3)14(19)15-10-9-12(5-2)7-8-13(17)18/h12H,4-11H2,1-3H3,(H,15,19)(H,17,18). The van der Waals surface area contributed by atoms with E-state index in [0.717, 1.165) is 32.4 Å². The maximum absolute atomic E-state index is 11.8. The molecule has 0 aromatic carbocycles. The highest BCUT2D eigenvalue weighted by atomic mass is 16.4. The number of amides is 2. The summed E-state index contributed by atoms with van der Waals surface area (Å²) in [5.74, 6) is -0.375. The number of hydrogen-bond acceptors (Lipinski definition) is 2. The molecule has 0 rings (SSSR count). The molecule has 0 saturated carbocycles. The fourth-order valence-electron chi connectivity index (χ4n) is 2.05. The van der Waals surface area contributed by atoms with Gasteiger partial charge in [0, 0.05) is 26.1 Å². The topological polar surface area (TPSA) is 69.6 Å². The third kappa shape index (κ3) is 8.46. The monoisotopic (exact) mass is 272 g/mol. The van der Waals surface area contributed by atoms with Crippen LogP contribution in [-0.2, 0) is 4.79 Å². The van der Waals surface area contributed by atoms with E-state index in [-0.39, 0.29) is 12.5 Å². The number of hydrogen-bond donors (Lipinski definition) is 2. The van der Waals surface area contributed by atoms with E-state index in [1.807, 2.05) is 6.92 Å². The number of carboxylic acids is 1. The van der Waals surface area contributed by atoms with Crippen LogP contribution in [0.2, 0.25) is 0 Å². The van der Waals surface area contributed by atoms with E-state index < -0.39 is 5.97 Å². The van der Waals surface area contributed by atoms with Gasteiger partial charge in [-0.1, -0.05) is 20.3 Å². The summed E-state index contributed by atoms with van der Waals surface area (Å²) < 4.78 is 0. The molecule has 19 heavy (non-hydrogen) atoms. The number of carbonyl (C=O) groups excluding carboxylic acids is 1. The zero-order valence-electron chi connectivity index (χ0n) is 12.4. The molecule has 0 aliphatic carbocycles. The Bertz CT molecular complexity index is 269. The summed E-state index contributed by atoms with van der Waals surface area (Å²) in [6, 6.07) is -0.0163. The molecule has 0 aliphatic rings. The van der Waals surface area contributed by atoms with Crippen molar-refractivity contribution in [2.75, 3.05) is 19.6 Å². The lowest BCUT2D eigenvalue weighted by atomic mass is 9.97. The SMILES string of the molecule is CCCN(CC)C(=O)NCCC(CC)CCC(=O)O. The number of nitrogens with one attached hydrogen (secondary N) is 1. The van der Waals surface area contributed by atoms with Crippen LogP contribution in [0.4, 0.5) is 4.79 Å². The van der Waals surface area contributed by atoms with E-state index in [4.69, 9.17) is 5.11 Å². The summed E-state index contributed by atoms with van der Waals surface area (Å²) in [6.07, 6.45) is 3.66. The summed E-state index contributed by atoms with van der Waals surface area (Å²) >= 11 is 0. The lowest BCUT2D eigenvalue weighted by molar-refractivity contribution is -0.137. The van der Waals surface area contributed by atoms with Crippen molar-refractivity contribution in [2.24, 2.45) is 5.92 Å². The summed E-state index contributed by atoms with van der Waals surface area (Å²) in [5.41, 5.74) is 0. The van der Waals surface area contributed by atoms with Crippen LogP contribution in [0, 0.1) is 5.92 Å². The zero-order chi connectivity index (χ0) is 14.7. The molecular weight excluding hydrogens is 244 g/mol. The van der Waals surface area contributed by atoms with Crippen molar-refractivity contribution < 1.29 is 14.7 Å². The molecule has 1 unspecified atom stereocenters. The first kappa shape index (κ1) is 17.7. The molecule has 0 aromatic heterocycles. The molecule has 0 aromatic rings. The molecule has 2 N–H and O–H groups in total. The third-order valence-corrected chi connectivity index (χ3v) is 3.34. The quantitative estimate of drug-likeness (QED) is 0.642. The summed E-state index contributed by atoms with van der Waals surface area (Å²) in [7, 11) is 0. The van der Waals surface area contributed by atoms with Crippen LogP contribution in [0.15, 0.2) is 0 Å². The number of aliphatic carboxylic acids is 1. The van der Waals surface area contributed by atoms with E-state index in [0.29, 0.717) is 18.9 Å². The van der Waals surface area contributed by atoms with Crippen LogP contribution in [-0.4, -0.2) is 41.6 Å². The smallest absolute Gasteiger partial charge is 0.317 e. The second-order valence-corrected chi connectivity index (χ2v) is 4.81. The van der Waals surface area contributed by atoms with Crippen LogP contribution in [0.1, 0.15) is 52.9 Å². The first-order chi connectivity index (χ1) is 9.04. The van der Waals surface area contributed by atoms with Crippen molar-refractivity contribution in [3.05, 3.63) is 0 Å². The van der Waals surface area contributed by atoms with Crippen molar-refractivity contribution in [1.82, 2.24) is 10.2 Å². The van der Waals surface area contributed by atoms with Gasteiger partial charge in [0.2, 0.25) is 0 Å². The van der Waals surface area contributed by atoms with E-state index >= 15 is 0 Å². The zero-order valence-corrected chi connectivity index (χ0v) is 12.4. The predicted octanol–water partition coefficient (Wildman–Crippen LogP) is 2.71. The van der Waals surface area contributed by atoms with Gasteiger partial charge in [-0.3, -0.25) is 4.79 Å². The fourth-order valence-corrected chi connectivity index (χ4v) is 2.05. The van der Waals surface area contributed by atoms with Gasteiger partial charge in [-0.2, -0.15) is 0 Å². The second kappa shape index (κ2) is 10.6. The van der Waals surface area contributed by atoms with Gasteiger partial charge in [0.25, 0.3) is 0 Å². The average Bonchev–Trinajstić information content (AvgIpc) is 2.39. The third-order valence-electron chi connectivity index (χ3n) is 3.34. The van der Waals surface area contributed by atoms with Gasteiger partial charge in [-0.25, -0.2) is 4.79 Å². The van der Waals surface area contributed by atoms with Gasteiger partial charge in [0.15, 0.2) is 0 Å². The van der Waals surface area contributed by atoms with Crippen molar-refractivity contribution in [1.29, 1.82) is 0 Å².